The molecule has 5 nitrogen and oxygen atoms in total. The highest BCUT2D eigenvalue weighted by atomic mass is 35.5. The smallest absolute Gasteiger partial charge is 0.260 e. The minimum absolute atomic E-state index is 0.00320. The molecule has 2 aromatic rings. The van der Waals surface area contributed by atoms with E-state index in [1.165, 1.54) is 6.42 Å². The molecular formula is C17H20ClN3O2S. The van der Waals surface area contributed by atoms with E-state index in [0.717, 1.165) is 30.4 Å². The van der Waals surface area contributed by atoms with Crippen LogP contribution in [0.25, 0.3) is 11.3 Å². The highest BCUT2D eigenvalue weighted by Crippen LogP contribution is 2.29. The molecule has 0 aliphatic carbocycles. The number of ether oxygens (including phenoxy) is 1. The van der Waals surface area contributed by atoms with Crippen LogP contribution in [0.1, 0.15) is 20.3 Å². The van der Waals surface area contributed by atoms with E-state index in [2.05, 4.69) is 22.6 Å². The van der Waals surface area contributed by atoms with Crippen molar-refractivity contribution in [2.75, 3.05) is 19.7 Å². The van der Waals surface area contributed by atoms with Crippen LogP contribution in [0.5, 0.6) is 5.88 Å². The van der Waals surface area contributed by atoms with Gasteiger partial charge in [0.2, 0.25) is 0 Å². The topological polar surface area (TPSA) is 55.3 Å². The van der Waals surface area contributed by atoms with Crippen LogP contribution in [-0.4, -0.2) is 39.3 Å². The minimum atomic E-state index is -0.00849. The largest absolute Gasteiger partial charge is 0.465 e. The predicted molar refractivity (Wildman–Crippen MR) is 95.4 cm³/mol. The van der Waals surface area contributed by atoms with E-state index in [1.54, 1.807) is 12.1 Å². The molecule has 0 N–H and O–H groups in total. The molecular weight excluding hydrogens is 346 g/mol. The van der Waals surface area contributed by atoms with Crippen LogP contribution in [0.15, 0.2) is 24.3 Å². The zero-order valence-corrected chi connectivity index (χ0v) is 15.3. The van der Waals surface area contributed by atoms with Crippen LogP contribution in [0, 0.1) is 11.8 Å². The molecule has 1 saturated heterocycles. The second-order valence-electron chi connectivity index (χ2n) is 6.46. The summed E-state index contributed by atoms with van der Waals surface area (Å²) in [6, 6.07) is 7.31. The molecule has 0 radical (unpaired) electrons. The van der Waals surface area contributed by atoms with Crippen molar-refractivity contribution in [3.05, 3.63) is 29.3 Å². The van der Waals surface area contributed by atoms with Gasteiger partial charge in [0.25, 0.3) is 11.8 Å². The molecule has 24 heavy (non-hydrogen) atoms. The number of hydrogen-bond donors (Lipinski definition) is 0. The SMILES string of the molecule is CC1CC(C)CN(C(=O)COc2nsnc2-c2ccc(Cl)cc2)C1. The maximum Gasteiger partial charge on any atom is 0.260 e. The third-order valence-corrected chi connectivity index (χ3v) is 4.89. The molecule has 1 aromatic carbocycles. The predicted octanol–water partition coefficient (Wildman–Crippen LogP) is 3.74. The van der Waals surface area contributed by atoms with Crippen molar-refractivity contribution in [1.29, 1.82) is 0 Å². The number of amides is 1. The van der Waals surface area contributed by atoms with Crippen molar-refractivity contribution in [3.63, 3.8) is 0 Å². The van der Waals surface area contributed by atoms with E-state index in [1.807, 2.05) is 17.0 Å². The lowest BCUT2D eigenvalue weighted by Crippen LogP contribution is -2.44. The highest BCUT2D eigenvalue weighted by Gasteiger charge is 2.26. The first kappa shape index (κ1) is 17.2. The number of nitrogens with zero attached hydrogens (tertiary/aromatic N) is 3. The Kier molecular flexibility index (Phi) is 5.36. The minimum Gasteiger partial charge on any atom is -0.465 e. The summed E-state index contributed by atoms with van der Waals surface area (Å²) in [5.74, 6) is 1.46. The number of aromatic nitrogens is 2. The second kappa shape index (κ2) is 7.49. The number of piperidine rings is 1. The number of carbonyl (C=O) groups is 1. The third-order valence-electron chi connectivity index (χ3n) is 4.13. The quantitative estimate of drug-likeness (QED) is 0.828. The van der Waals surface area contributed by atoms with E-state index >= 15 is 0 Å². The lowest BCUT2D eigenvalue weighted by atomic mass is 9.92. The monoisotopic (exact) mass is 365 g/mol. The molecule has 1 fully saturated rings. The molecule has 3 rings (SSSR count). The van der Waals surface area contributed by atoms with Crippen molar-refractivity contribution >= 4 is 29.2 Å². The Balaban J connectivity index is 1.64. The summed E-state index contributed by atoms with van der Waals surface area (Å²) >= 11 is 6.98. The number of rotatable bonds is 4. The number of benzene rings is 1. The van der Waals surface area contributed by atoms with Crippen LogP contribution in [-0.2, 0) is 4.79 Å². The number of halogens is 1. The summed E-state index contributed by atoms with van der Waals surface area (Å²) in [5, 5.41) is 0.660. The molecule has 1 aliphatic rings. The Morgan fingerprint density at radius 2 is 1.92 bits per heavy atom. The van der Waals surface area contributed by atoms with Gasteiger partial charge in [0, 0.05) is 23.7 Å². The van der Waals surface area contributed by atoms with Crippen LogP contribution in [0.4, 0.5) is 0 Å². The highest BCUT2D eigenvalue weighted by molar-refractivity contribution is 6.99. The Hall–Kier alpha value is -1.66. The van der Waals surface area contributed by atoms with Gasteiger partial charge >= 0.3 is 0 Å². The van der Waals surface area contributed by atoms with Crippen LogP contribution in [0.3, 0.4) is 0 Å². The average Bonchev–Trinajstić information content (AvgIpc) is 3.01. The zero-order chi connectivity index (χ0) is 17.1. The summed E-state index contributed by atoms with van der Waals surface area (Å²) in [6.07, 6.45) is 1.17. The summed E-state index contributed by atoms with van der Waals surface area (Å²) in [7, 11) is 0. The maximum absolute atomic E-state index is 12.4. The summed E-state index contributed by atoms with van der Waals surface area (Å²) in [6.45, 7) is 5.95. The first-order valence-electron chi connectivity index (χ1n) is 8.02. The molecule has 0 saturated carbocycles. The second-order valence-corrected chi connectivity index (χ2v) is 7.42. The molecule has 128 valence electrons. The molecule has 0 bridgehead atoms. The average molecular weight is 366 g/mol. The lowest BCUT2D eigenvalue weighted by molar-refractivity contribution is -0.136. The summed E-state index contributed by atoms with van der Waals surface area (Å²) in [4.78, 5) is 14.3. The fourth-order valence-corrected chi connectivity index (χ4v) is 3.79. The fourth-order valence-electron chi connectivity index (χ4n) is 3.15. The Bertz CT molecular complexity index is 694. The van der Waals surface area contributed by atoms with Gasteiger partial charge in [-0.25, -0.2) is 0 Å². The first-order valence-corrected chi connectivity index (χ1v) is 9.13. The molecule has 1 aliphatic heterocycles. The molecule has 0 spiro atoms. The summed E-state index contributed by atoms with van der Waals surface area (Å²) < 4.78 is 14.1. The van der Waals surface area contributed by atoms with Gasteiger partial charge in [0.05, 0.1) is 11.7 Å². The van der Waals surface area contributed by atoms with Crippen LogP contribution >= 0.6 is 23.3 Å². The van der Waals surface area contributed by atoms with Gasteiger partial charge in [-0.15, -0.1) is 4.37 Å². The molecule has 1 amide bonds. The maximum atomic E-state index is 12.4. The van der Waals surface area contributed by atoms with Gasteiger partial charge < -0.3 is 9.64 Å². The van der Waals surface area contributed by atoms with Gasteiger partial charge in [-0.05, 0) is 30.4 Å². The van der Waals surface area contributed by atoms with Crippen molar-refractivity contribution in [1.82, 2.24) is 13.6 Å². The van der Waals surface area contributed by atoms with E-state index < -0.39 is 0 Å². The molecule has 7 heteroatoms. The summed E-state index contributed by atoms with van der Waals surface area (Å²) in [5.41, 5.74) is 1.51. The Labute approximate surface area is 150 Å². The van der Waals surface area contributed by atoms with Crippen molar-refractivity contribution in [3.8, 4) is 17.1 Å². The first-order chi connectivity index (χ1) is 11.5. The zero-order valence-electron chi connectivity index (χ0n) is 13.7. The van der Waals surface area contributed by atoms with E-state index in [0.29, 0.717) is 28.4 Å². The Morgan fingerprint density at radius 3 is 2.58 bits per heavy atom. The molecule has 1 aromatic heterocycles. The Morgan fingerprint density at radius 1 is 1.25 bits per heavy atom. The van der Waals surface area contributed by atoms with Crippen molar-refractivity contribution in [2.45, 2.75) is 20.3 Å². The number of carbonyl (C=O) groups excluding carboxylic acids is 1. The van der Waals surface area contributed by atoms with Gasteiger partial charge in [-0.1, -0.05) is 37.6 Å². The fraction of sp³-hybridized carbons (Fsp3) is 0.471. The van der Waals surface area contributed by atoms with Gasteiger partial charge in [-0.3, -0.25) is 4.79 Å². The van der Waals surface area contributed by atoms with Crippen molar-refractivity contribution in [2.24, 2.45) is 11.8 Å². The standard InChI is InChI=1S/C17H20ClN3O2S/c1-11-7-12(2)9-21(8-11)15(22)10-23-17-16(19-24-20-17)13-3-5-14(18)6-4-13/h3-6,11-12H,7-10H2,1-2H3. The van der Waals surface area contributed by atoms with E-state index in [4.69, 9.17) is 16.3 Å². The van der Waals surface area contributed by atoms with E-state index in [-0.39, 0.29) is 12.5 Å². The van der Waals surface area contributed by atoms with Gasteiger partial charge in [0.1, 0.15) is 5.69 Å². The van der Waals surface area contributed by atoms with Gasteiger partial charge in [0.15, 0.2) is 6.61 Å². The molecule has 2 atom stereocenters. The number of hydrogen-bond acceptors (Lipinski definition) is 5. The van der Waals surface area contributed by atoms with Crippen molar-refractivity contribution < 1.29 is 9.53 Å². The lowest BCUT2D eigenvalue weighted by Gasteiger charge is -2.34. The van der Waals surface area contributed by atoms with E-state index in [9.17, 15) is 4.79 Å². The molecule has 2 heterocycles. The number of likely N-dealkylation sites (tertiary alicyclic amines) is 1. The molecule has 2 unspecified atom stereocenters. The third kappa shape index (κ3) is 4.05. The van der Waals surface area contributed by atoms with Crippen LogP contribution in [0.2, 0.25) is 5.02 Å². The van der Waals surface area contributed by atoms with Gasteiger partial charge in [-0.2, -0.15) is 4.37 Å². The normalized spacial score (nSPS) is 20.9. The van der Waals surface area contributed by atoms with Crippen LogP contribution < -0.4 is 4.74 Å².